The lowest BCUT2D eigenvalue weighted by molar-refractivity contribution is 0.337. The van der Waals surface area contributed by atoms with Crippen molar-refractivity contribution < 1.29 is 0 Å². The number of thiophene rings is 1. The van der Waals surface area contributed by atoms with Gasteiger partial charge in [-0.2, -0.15) is 0 Å². The zero-order valence-corrected chi connectivity index (χ0v) is 13.3. The number of hydrogen-bond donors (Lipinski definition) is 0. The maximum atomic E-state index is 2.53. The van der Waals surface area contributed by atoms with E-state index < -0.39 is 0 Å². The summed E-state index contributed by atoms with van der Waals surface area (Å²) in [4.78, 5) is 6.52. The number of anilines is 1. The van der Waals surface area contributed by atoms with Crippen LogP contribution in [-0.4, -0.2) is 24.7 Å². The molecular weight excluding hydrogens is 264 g/mol. The monoisotopic (exact) mass is 286 g/mol. The number of benzene rings is 1. The molecule has 0 radical (unpaired) electrons. The molecule has 1 aromatic carbocycles. The fourth-order valence-electron chi connectivity index (χ4n) is 3.25. The normalized spacial score (nSPS) is 16.1. The second kappa shape index (κ2) is 5.58. The summed E-state index contributed by atoms with van der Waals surface area (Å²) >= 11 is 1.85. The highest BCUT2D eigenvalue weighted by Gasteiger charge is 2.22. The van der Waals surface area contributed by atoms with E-state index in [0.717, 1.165) is 26.3 Å². The summed E-state index contributed by atoms with van der Waals surface area (Å²) < 4.78 is 0. The minimum Gasteiger partial charge on any atom is -0.357 e. The molecule has 0 amide bonds. The van der Waals surface area contributed by atoms with Crippen LogP contribution in [0.1, 0.15) is 21.6 Å². The van der Waals surface area contributed by atoms with Gasteiger partial charge in [0.2, 0.25) is 0 Å². The Morgan fingerprint density at radius 1 is 1.10 bits per heavy atom. The van der Waals surface area contributed by atoms with Crippen LogP contribution in [0.3, 0.4) is 0 Å². The molecule has 3 heteroatoms. The lowest BCUT2D eigenvalue weighted by Crippen LogP contribution is -2.25. The molecule has 106 valence electrons. The summed E-state index contributed by atoms with van der Waals surface area (Å²) in [5.74, 6) is 0. The van der Waals surface area contributed by atoms with Crippen molar-refractivity contribution >= 4 is 17.0 Å². The van der Waals surface area contributed by atoms with Gasteiger partial charge in [0.1, 0.15) is 0 Å². The van der Waals surface area contributed by atoms with Gasteiger partial charge < -0.3 is 4.90 Å². The van der Waals surface area contributed by atoms with Gasteiger partial charge in [-0.1, -0.05) is 23.8 Å². The van der Waals surface area contributed by atoms with Gasteiger partial charge >= 0.3 is 0 Å². The van der Waals surface area contributed by atoms with E-state index in [4.69, 9.17) is 0 Å². The van der Waals surface area contributed by atoms with Crippen LogP contribution in [0.15, 0.2) is 29.6 Å². The Morgan fingerprint density at radius 2 is 1.85 bits per heavy atom. The van der Waals surface area contributed by atoms with Crippen molar-refractivity contribution in [3.8, 4) is 0 Å². The molecule has 20 heavy (non-hydrogen) atoms. The summed E-state index contributed by atoms with van der Waals surface area (Å²) in [6, 6.07) is 8.96. The van der Waals surface area contributed by atoms with Crippen LogP contribution >= 0.6 is 11.3 Å². The smallest absolute Gasteiger partial charge is 0.0711 e. The van der Waals surface area contributed by atoms with Gasteiger partial charge in [-0.05, 0) is 43.3 Å². The SMILES string of the molecule is Cc1cc(C)c(N2CCN(Cc3cccs3)C2)c(C)c1. The average molecular weight is 286 g/mol. The van der Waals surface area contributed by atoms with Crippen molar-refractivity contribution in [3.05, 3.63) is 51.2 Å². The van der Waals surface area contributed by atoms with E-state index in [0.29, 0.717) is 0 Å². The molecule has 1 aliphatic rings. The first kappa shape index (κ1) is 13.7. The lowest BCUT2D eigenvalue weighted by atomic mass is 10.0. The molecule has 0 aliphatic carbocycles. The molecule has 1 saturated heterocycles. The minimum absolute atomic E-state index is 1.04. The molecule has 0 atom stereocenters. The highest BCUT2D eigenvalue weighted by atomic mass is 32.1. The van der Waals surface area contributed by atoms with E-state index in [2.05, 4.69) is 60.2 Å². The molecule has 1 aromatic heterocycles. The number of aryl methyl sites for hydroxylation is 3. The van der Waals surface area contributed by atoms with Crippen LogP contribution in [-0.2, 0) is 6.54 Å². The largest absolute Gasteiger partial charge is 0.357 e. The van der Waals surface area contributed by atoms with Crippen LogP contribution in [0, 0.1) is 20.8 Å². The maximum Gasteiger partial charge on any atom is 0.0711 e. The second-order valence-corrected chi connectivity index (χ2v) is 6.82. The lowest BCUT2D eigenvalue weighted by Gasteiger charge is -2.24. The van der Waals surface area contributed by atoms with Crippen molar-refractivity contribution in [1.82, 2.24) is 4.90 Å². The average Bonchev–Trinajstić information content (AvgIpc) is 3.00. The van der Waals surface area contributed by atoms with Crippen molar-refractivity contribution in [1.29, 1.82) is 0 Å². The predicted molar refractivity (Wildman–Crippen MR) is 87.6 cm³/mol. The summed E-state index contributed by atoms with van der Waals surface area (Å²) in [5, 5.41) is 2.16. The van der Waals surface area contributed by atoms with Crippen molar-refractivity contribution in [2.24, 2.45) is 0 Å². The Balaban J connectivity index is 1.74. The van der Waals surface area contributed by atoms with Gasteiger partial charge in [0.15, 0.2) is 0 Å². The first-order chi connectivity index (χ1) is 9.63. The Kier molecular flexibility index (Phi) is 3.81. The Labute approximate surface area is 125 Å². The quantitative estimate of drug-likeness (QED) is 0.843. The molecule has 2 nitrogen and oxygen atoms in total. The third-order valence-electron chi connectivity index (χ3n) is 3.97. The number of hydrogen-bond acceptors (Lipinski definition) is 3. The fourth-order valence-corrected chi connectivity index (χ4v) is 4.00. The van der Waals surface area contributed by atoms with Crippen LogP contribution in [0.4, 0.5) is 5.69 Å². The summed E-state index contributed by atoms with van der Waals surface area (Å²) in [5.41, 5.74) is 5.60. The highest BCUT2D eigenvalue weighted by molar-refractivity contribution is 7.09. The summed E-state index contributed by atoms with van der Waals surface area (Å²) in [7, 11) is 0. The van der Waals surface area contributed by atoms with Gasteiger partial charge in [-0.3, -0.25) is 4.90 Å². The first-order valence-electron chi connectivity index (χ1n) is 7.21. The number of nitrogens with zero attached hydrogens (tertiary/aromatic N) is 2. The first-order valence-corrected chi connectivity index (χ1v) is 8.09. The molecule has 0 bridgehead atoms. The van der Waals surface area contributed by atoms with Crippen LogP contribution in [0.2, 0.25) is 0 Å². The zero-order chi connectivity index (χ0) is 14.1. The predicted octanol–water partition coefficient (Wildman–Crippen LogP) is 3.95. The van der Waals surface area contributed by atoms with E-state index in [1.165, 1.54) is 27.3 Å². The standard InChI is InChI=1S/C17H22N2S/c1-13-9-14(2)17(15(3)10-13)19-7-6-18(12-19)11-16-5-4-8-20-16/h4-5,8-10H,6-7,11-12H2,1-3H3. The Hall–Kier alpha value is -1.32. The van der Waals surface area contributed by atoms with E-state index in [1.54, 1.807) is 0 Å². The van der Waals surface area contributed by atoms with Gasteiger partial charge in [-0.25, -0.2) is 0 Å². The Morgan fingerprint density at radius 3 is 2.50 bits per heavy atom. The van der Waals surface area contributed by atoms with Gasteiger partial charge in [-0.15, -0.1) is 11.3 Å². The van der Waals surface area contributed by atoms with Gasteiger partial charge in [0.25, 0.3) is 0 Å². The molecule has 0 spiro atoms. The highest BCUT2D eigenvalue weighted by Crippen LogP contribution is 2.28. The minimum atomic E-state index is 1.04. The third-order valence-corrected chi connectivity index (χ3v) is 4.83. The summed E-state index contributed by atoms with van der Waals surface area (Å²) in [6.07, 6.45) is 0. The molecular formula is C17H22N2S. The molecule has 1 fully saturated rings. The van der Waals surface area contributed by atoms with E-state index in [-0.39, 0.29) is 0 Å². The van der Waals surface area contributed by atoms with Gasteiger partial charge in [0.05, 0.1) is 6.67 Å². The maximum absolute atomic E-state index is 2.53. The molecule has 2 aromatic rings. The van der Waals surface area contributed by atoms with Crippen LogP contribution < -0.4 is 4.90 Å². The molecule has 0 saturated carbocycles. The van der Waals surface area contributed by atoms with Crippen molar-refractivity contribution in [2.75, 3.05) is 24.7 Å². The molecule has 0 unspecified atom stereocenters. The zero-order valence-electron chi connectivity index (χ0n) is 12.5. The molecule has 3 rings (SSSR count). The topological polar surface area (TPSA) is 6.48 Å². The van der Waals surface area contributed by atoms with Crippen molar-refractivity contribution in [3.63, 3.8) is 0 Å². The molecule has 0 N–H and O–H groups in total. The van der Waals surface area contributed by atoms with Crippen molar-refractivity contribution in [2.45, 2.75) is 27.3 Å². The van der Waals surface area contributed by atoms with E-state index in [1.807, 2.05) is 11.3 Å². The fraction of sp³-hybridized carbons (Fsp3) is 0.412. The molecule has 1 aliphatic heterocycles. The van der Waals surface area contributed by atoms with Crippen LogP contribution in [0.25, 0.3) is 0 Å². The second-order valence-electron chi connectivity index (χ2n) is 5.78. The van der Waals surface area contributed by atoms with E-state index >= 15 is 0 Å². The Bertz CT molecular complexity index is 566. The number of rotatable bonds is 3. The summed E-state index contributed by atoms with van der Waals surface area (Å²) in [6.45, 7) is 11.1. The molecule has 2 heterocycles. The van der Waals surface area contributed by atoms with E-state index in [9.17, 15) is 0 Å². The van der Waals surface area contributed by atoms with Gasteiger partial charge in [0, 0.05) is 30.2 Å². The third kappa shape index (κ3) is 2.74. The van der Waals surface area contributed by atoms with Crippen LogP contribution in [0.5, 0.6) is 0 Å².